The molecule has 5 nitrogen and oxygen atoms in total. The predicted molar refractivity (Wildman–Crippen MR) is 140 cm³/mol. The molecule has 36 heavy (non-hydrogen) atoms. The number of benzene rings is 3. The van der Waals surface area contributed by atoms with Crippen LogP contribution in [0.5, 0.6) is 5.75 Å². The lowest BCUT2D eigenvalue weighted by atomic mass is 9.50. The van der Waals surface area contributed by atoms with Gasteiger partial charge in [0.25, 0.3) is 0 Å². The Kier molecular flexibility index (Phi) is 6.62. The molecule has 0 aromatic heterocycles. The molecule has 1 aliphatic heterocycles. The van der Waals surface area contributed by atoms with Crippen molar-refractivity contribution < 1.29 is 19.7 Å². The van der Waals surface area contributed by atoms with Crippen molar-refractivity contribution in [2.75, 3.05) is 26.7 Å². The first-order chi connectivity index (χ1) is 17.3. The Bertz CT molecular complexity index is 1230. The van der Waals surface area contributed by atoms with Crippen molar-refractivity contribution in [2.24, 2.45) is 11.3 Å². The fraction of sp³-hybridized carbons (Fsp3) is 0.387. The molecule has 3 aromatic rings. The molecule has 3 aromatic carbocycles. The molecule has 2 aliphatic rings. The smallest absolute Gasteiger partial charge is 0.312 e. The number of aliphatic hydroxyl groups excluding tert-OH is 1. The van der Waals surface area contributed by atoms with E-state index < -0.39 is 18.0 Å². The zero-order valence-electron chi connectivity index (χ0n) is 21.1. The molecule has 4 atom stereocenters. The molecular weight excluding hydrogens is 450 g/mol. The molecule has 0 radical (unpaired) electrons. The average Bonchev–Trinajstić information content (AvgIpc) is 2.89. The van der Waals surface area contributed by atoms with Gasteiger partial charge in [-0.1, -0.05) is 73.7 Å². The Labute approximate surface area is 213 Å². The van der Waals surface area contributed by atoms with E-state index in [0.29, 0.717) is 12.3 Å². The van der Waals surface area contributed by atoms with Gasteiger partial charge in [-0.25, -0.2) is 0 Å². The van der Waals surface area contributed by atoms with Gasteiger partial charge in [0.15, 0.2) is 0 Å². The summed E-state index contributed by atoms with van der Waals surface area (Å²) in [4.78, 5) is 15.1. The van der Waals surface area contributed by atoms with Crippen LogP contribution in [0.2, 0.25) is 0 Å². The molecule has 0 bridgehead atoms. The summed E-state index contributed by atoms with van der Waals surface area (Å²) in [5.74, 6) is -0.775. The number of phenols is 1. The number of esters is 1. The number of nitrogens with zero attached hydrogens (tertiary/aromatic N) is 1. The van der Waals surface area contributed by atoms with Crippen molar-refractivity contribution in [3.63, 3.8) is 0 Å². The van der Waals surface area contributed by atoms with Crippen LogP contribution >= 0.6 is 0 Å². The maximum atomic E-state index is 12.8. The minimum atomic E-state index is -0.934. The molecule has 5 heteroatoms. The number of likely N-dealkylation sites (tertiary alicyclic amines) is 1. The summed E-state index contributed by atoms with van der Waals surface area (Å²) in [6.07, 6.45) is 1.80. The Hall–Kier alpha value is -3.15. The van der Waals surface area contributed by atoms with E-state index in [0.717, 1.165) is 37.9 Å². The summed E-state index contributed by atoms with van der Waals surface area (Å²) in [5.41, 5.74) is 4.39. The summed E-state index contributed by atoms with van der Waals surface area (Å²) in [5, 5.41) is 21.5. The topological polar surface area (TPSA) is 70.0 Å². The summed E-state index contributed by atoms with van der Waals surface area (Å²) < 4.78 is 5.12. The molecule has 188 valence electrons. The van der Waals surface area contributed by atoms with Gasteiger partial charge in [-0.15, -0.1) is 0 Å². The molecule has 2 N–H and O–H groups in total. The number of phenolic OH excluding ortho intramolecular Hbond substituents is 1. The number of aromatic hydroxyl groups is 1. The Morgan fingerprint density at radius 2 is 1.69 bits per heavy atom. The minimum Gasteiger partial charge on any atom is -0.508 e. The first-order valence-corrected chi connectivity index (χ1v) is 12.7. The average molecular weight is 486 g/mol. The summed E-state index contributed by atoms with van der Waals surface area (Å²) >= 11 is 0. The van der Waals surface area contributed by atoms with Crippen LogP contribution in [-0.2, 0) is 27.8 Å². The molecular formula is C31H35NO4. The van der Waals surface area contributed by atoms with E-state index in [-0.39, 0.29) is 10.8 Å². The number of hydrogen-bond acceptors (Lipinski definition) is 5. The van der Waals surface area contributed by atoms with Crippen LogP contribution in [0, 0.1) is 11.3 Å². The van der Waals surface area contributed by atoms with Gasteiger partial charge < -0.3 is 19.8 Å². The van der Waals surface area contributed by atoms with Crippen LogP contribution in [0.1, 0.15) is 41.7 Å². The van der Waals surface area contributed by atoms with Gasteiger partial charge in [0.1, 0.15) is 5.75 Å². The number of carbonyl (C=O) groups is 1. The first kappa shape index (κ1) is 24.5. The van der Waals surface area contributed by atoms with E-state index >= 15 is 0 Å². The molecule has 0 unspecified atom stereocenters. The number of methoxy groups -OCH3 is 1. The highest BCUT2D eigenvalue weighted by atomic mass is 16.5. The number of hydrogen-bond donors (Lipinski definition) is 2. The minimum absolute atomic E-state index is 0.119. The Balaban J connectivity index is 1.48. The van der Waals surface area contributed by atoms with E-state index in [9.17, 15) is 15.0 Å². The lowest BCUT2D eigenvalue weighted by molar-refractivity contribution is -0.151. The number of piperidine rings is 1. The fourth-order valence-electron chi connectivity index (χ4n) is 6.72. The lowest BCUT2D eigenvalue weighted by Gasteiger charge is -2.58. The third kappa shape index (κ3) is 4.31. The van der Waals surface area contributed by atoms with Crippen molar-refractivity contribution in [3.8, 4) is 5.75 Å². The lowest BCUT2D eigenvalue weighted by Crippen LogP contribution is -2.61. The molecule has 0 amide bonds. The van der Waals surface area contributed by atoms with Crippen LogP contribution in [0.4, 0.5) is 0 Å². The normalized spacial score (nSPS) is 25.3. The van der Waals surface area contributed by atoms with E-state index in [1.54, 1.807) is 6.07 Å². The van der Waals surface area contributed by atoms with Crippen molar-refractivity contribution >= 4 is 5.97 Å². The van der Waals surface area contributed by atoms with Gasteiger partial charge >= 0.3 is 5.97 Å². The second kappa shape index (κ2) is 9.72. The van der Waals surface area contributed by atoms with Crippen molar-refractivity contribution in [3.05, 3.63) is 101 Å². The zero-order valence-corrected chi connectivity index (χ0v) is 21.1. The molecule has 1 heterocycles. The van der Waals surface area contributed by atoms with Crippen molar-refractivity contribution in [1.82, 2.24) is 4.90 Å². The highest BCUT2D eigenvalue weighted by molar-refractivity contribution is 5.73. The van der Waals surface area contributed by atoms with E-state index in [1.165, 1.54) is 23.8 Å². The molecule has 0 spiro atoms. The van der Waals surface area contributed by atoms with Gasteiger partial charge in [-0.3, -0.25) is 4.79 Å². The van der Waals surface area contributed by atoms with Crippen LogP contribution in [0.15, 0.2) is 78.9 Å². The maximum absolute atomic E-state index is 12.8. The molecule has 1 saturated heterocycles. The quantitative estimate of drug-likeness (QED) is 0.497. The molecule has 1 aliphatic carbocycles. The van der Waals surface area contributed by atoms with Crippen LogP contribution in [0.25, 0.3) is 0 Å². The van der Waals surface area contributed by atoms with E-state index in [1.807, 2.05) is 42.5 Å². The highest BCUT2D eigenvalue weighted by Gasteiger charge is 2.55. The number of rotatable bonds is 6. The Morgan fingerprint density at radius 3 is 2.39 bits per heavy atom. The highest BCUT2D eigenvalue weighted by Crippen LogP contribution is 2.55. The third-order valence-corrected chi connectivity index (χ3v) is 8.65. The van der Waals surface area contributed by atoms with E-state index in [4.69, 9.17) is 4.74 Å². The maximum Gasteiger partial charge on any atom is 0.312 e. The van der Waals surface area contributed by atoms with Crippen LogP contribution < -0.4 is 0 Å². The fourth-order valence-corrected chi connectivity index (χ4v) is 6.72. The van der Waals surface area contributed by atoms with E-state index in [2.05, 4.69) is 42.2 Å². The number of carbonyl (C=O) groups excluding carboxylic acids is 1. The summed E-state index contributed by atoms with van der Waals surface area (Å²) in [6.45, 7) is 4.35. The monoisotopic (exact) mass is 485 g/mol. The molecule has 0 saturated carbocycles. The molecule has 5 rings (SSSR count). The van der Waals surface area contributed by atoms with Gasteiger partial charge in [0, 0.05) is 18.5 Å². The van der Waals surface area contributed by atoms with Crippen molar-refractivity contribution in [1.29, 1.82) is 0 Å². The number of fused-ring (bicyclic) bond motifs is 2. The van der Waals surface area contributed by atoms with Crippen LogP contribution in [-0.4, -0.2) is 47.8 Å². The largest absolute Gasteiger partial charge is 0.508 e. The number of aliphatic hydroxyl groups is 1. The first-order valence-electron chi connectivity index (χ1n) is 12.7. The Morgan fingerprint density at radius 1 is 1.00 bits per heavy atom. The predicted octanol–water partition coefficient (Wildman–Crippen LogP) is 4.66. The van der Waals surface area contributed by atoms with Crippen molar-refractivity contribution in [2.45, 2.75) is 37.7 Å². The second-order valence-electron chi connectivity index (χ2n) is 10.8. The van der Waals surface area contributed by atoms with Crippen LogP contribution in [0.3, 0.4) is 0 Å². The van der Waals surface area contributed by atoms with Gasteiger partial charge in [0.2, 0.25) is 0 Å². The summed E-state index contributed by atoms with van der Waals surface area (Å²) in [7, 11) is 1.38. The SMILES string of the molecule is COC(=O)[C@@H](CN1CC[C@@]2(c3cccc(O)c3)Cc3ccccc3C[C@@]2(C)C1)[C@@H](O)c1ccccc1. The second-order valence-corrected chi connectivity index (χ2v) is 10.8. The van der Waals surface area contributed by atoms with Gasteiger partial charge in [-0.05, 0) is 65.6 Å². The van der Waals surface area contributed by atoms with Gasteiger partial charge in [0.05, 0.1) is 19.1 Å². The zero-order chi connectivity index (χ0) is 25.3. The van der Waals surface area contributed by atoms with Gasteiger partial charge in [-0.2, -0.15) is 0 Å². The molecule has 1 fully saturated rings. The summed E-state index contributed by atoms with van der Waals surface area (Å²) in [6, 6.07) is 25.8. The third-order valence-electron chi connectivity index (χ3n) is 8.65. The number of ether oxygens (including phenoxy) is 1. The standard InChI is InChI=1S/C31H35NO4/c1-30-18-23-11-6-7-12-24(23)19-31(30,25-13-8-14-26(33)17-25)15-16-32(21-30)20-27(29(35)36-2)28(34)22-9-4-3-5-10-22/h3-14,17,27-28,33-34H,15-16,18-21H2,1-2H3/t27-,28-,30-,31-/m0/s1.